The van der Waals surface area contributed by atoms with Crippen molar-refractivity contribution in [2.75, 3.05) is 27.4 Å². The molecule has 0 saturated carbocycles. The zero-order chi connectivity index (χ0) is 30.4. The highest BCUT2D eigenvalue weighted by Crippen LogP contribution is 2.42. The topological polar surface area (TPSA) is 148 Å². The summed E-state index contributed by atoms with van der Waals surface area (Å²) in [6, 6.07) is 25.5. The van der Waals surface area contributed by atoms with Gasteiger partial charge in [0.15, 0.2) is 6.23 Å². The van der Waals surface area contributed by atoms with Crippen LogP contribution in [0.1, 0.15) is 22.9 Å². The van der Waals surface area contributed by atoms with Crippen molar-refractivity contribution in [2.45, 2.75) is 24.2 Å². The Morgan fingerprint density at radius 2 is 1.49 bits per heavy atom. The summed E-state index contributed by atoms with van der Waals surface area (Å²) in [5, 5.41) is 0. The Labute approximate surface area is 247 Å². The summed E-state index contributed by atoms with van der Waals surface area (Å²) in [4.78, 5) is 35.8. The molecule has 3 aromatic carbocycles. The first-order valence-corrected chi connectivity index (χ1v) is 14.4. The summed E-state index contributed by atoms with van der Waals surface area (Å²) < 4.78 is 47.5. The number of nitrogens with zero attached hydrogens (tertiary/aromatic N) is 1. The van der Waals surface area contributed by atoms with E-state index in [1.807, 2.05) is 78.9 Å². The molecule has 12 nitrogen and oxygen atoms in total. The molecule has 2 unspecified atom stereocenters. The maximum Gasteiger partial charge on any atom is 0.697 e. The minimum absolute atomic E-state index is 0.197. The van der Waals surface area contributed by atoms with Crippen LogP contribution in [0.15, 0.2) is 101 Å². The fourth-order valence-corrected chi connectivity index (χ4v) is 5.35. The van der Waals surface area contributed by atoms with Crippen molar-refractivity contribution in [3.8, 4) is 11.5 Å². The summed E-state index contributed by atoms with van der Waals surface area (Å²) in [5.74, 6) is 1.30. The van der Waals surface area contributed by atoms with Gasteiger partial charge in [-0.25, -0.2) is 4.79 Å². The molecule has 2 N–H and O–H groups in total. The van der Waals surface area contributed by atoms with Crippen LogP contribution < -0.4 is 20.7 Å². The number of aromatic nitrogens is 2. The van der Waals surface area contributed by atoms with E-state index in [4.69, 9.17) is 28.2 Å². The molecule has 1 saturated heterocycles. The van der Waals surface area contributed by atoms with E-state index in [9.17, 15) is 19.0 Å². The number of H-pyrrole nitrogens is 1. The first kappa shape index (κ1) is 30.3. The fraction of sp³-hybridized carbons (Fsp3) is 0.267. The molecule has 4 aromatic rings. The molecule has 0 spiro atoms. The molecule has 0 aliphatic carbocycles. The molecule has 1 aliphatic heterocycles. The maximum atomic E-state index is 12.5. The SMILES string of the molecule is COc1ccc(C(OC[C@H]2O[C@@H](n3ccc(=O)[nH]c3=O)COC2O[P+](=O)O)(c2ccccc2)c2ccc(OC)cc2)cc1. The van der Waals surface area contributed by atoms with Gasteiger partial charge in [-0.3, -0.25) is 14.3 Å². The van der Waals surface area contributed by atoms with E-state index in [-0.39, 0.29) is 13.2 Å². The molecule has 1 aliphatic rings. The lowest BCUT2D eigenvalue weighted by Gasteiger charge is -2.39. The van der Waals surface area contributed by atoms with Crippen LogP contribution in [0.4, 0.5) is 0 Å². The zero-order valence-corrected chi connectivity index (χ0v) is 24.2. The van der Waals surface area contributed by atoms with E-state index in [2.05, 4.69) is 4.98 Å². The summed E-state index contributed by atoms with van der Waals surface area (Å²) in [6.07, 6.45) is -2.08. The van der Waals surface area contributed by atoms with E-state index in [1.165, 1.54) is 12.3 Å². The molecular formula is C30H30N2O10P+. The van der Waals surface area contributed by atoms with E-state index in [0.29, 0.717) is 11.5 Å². The van der Waals surface area contributed by atoms with Crippen molar-refractivity contribution in [2.24, 2.45) is 0 Å². The molecule has 0 bridgehead atoms. The molecule has 13 heteroatoms. The fourth-order valence-electron chi connectivity index (χ4n) is 4.98. The Hall–Kier alpha value is -4.16. The van der Waals surface area contributed by atoms with Gasteiger partial charge in [0, 0.05) is 16.8 Å². The van der Waals surface area contributed by atoms with Gasteiger partial charge >= 0.3 is 13.9 Å². The summed E-state index contributed by atoms with van der Waals surface area (Å²) in [6.45, 7) is -0.410. The van der Waals surface area contributed by atoms with Gasteiger partial charge in [0.2, 0.25) is 6.29 Å². The van der Waals surface area contributed by atoms with Crippen LogP contribution in [-0.4, -0.2) is 54.3 Å². The smallest absolute Gasteiger partial charge is 0.497 e. The molecule has 224 valence electrons. The van der Waals surface area contributed by atoms with Gasteiger partial charge in [0.25, 0.3) is 5.56 Å². The lowest BCUT2D eigenvalue weighted by atomic mass is 9.80. The number of rotatable bonds is 11. The van der Waals surface area contributed by atoms with Gasteiger partial charge < -0.3 is 23.7 Å². The van der Waals surface area contributed by atoms with Gasteiger partial charge in [-0.2, -0.15) is 0 Å². The number of hydrogen-bond donors (Lipinski definition) is 2. The van der Waals surface area contributed by atoms with Crippen LogP contribution in [0.3, 0.4) is 0 Å². The quantitative estimate of drug-likeness (QED) is 0.191. The van der Waals surface area contributed by atoms with Crippen LogP contribution in [0.25, 0.3) is 0 Å². The molecule has 0 radical (unpaired) electrons. The van der Waals surface area contributed by atoms with Gasteiger partial charge in [0.1, 0.15) is 23.2 Å². The second-order valence-electron chi connectivity index (χ2n) is 9.51. The second-order valence-corrected chi connectivity index (χ2v) is 10.2. The monoisotopic (exact) mass is 609 g/mol. The lowest BCUT2D eigenvalue weighted by molar-refractivity contribution is -0.275. The van der Waals surface area contributed by atoms with Crippen LogP contribution in [0, 0.1) is 0 Å². The summed E-state index contributed by atoms with van der Waals surface area (Å²) >= 11 is 0. The summed E-state index contributed by atoms with van der Waals surface area (Å²) in [5.41, 5.74) is -0.217. The molecular weight excluding hydrogens is 579 g/mol. The first-order chi connectivity index (χ1) is 20.8. The Balaban J connectivity index is 1.58. The Morgan fingerprint density at radius 3 is 2.02 bits per heavy atom. The predicted octanol–water partition coefficient (Wildman–Crippen LogP) is 3.47. The molecule has 43 heavy (non-hydrogen) atoms. The highest BCUT2D eigenvalue weighted by molar-refractivity contribution is 7.32. The Kier molecular flexibility index (Phi) is 9.46. The van der Waals surface area contributed by atoms with Crippen LogP contribution in [0.5, 0.6) is 11.5 Å². The molecule has 2 heterocycles. The lowest BCUT2D eigenvalue weighted by Crippen LogP contribution is -2.48. The molecule has 5 rings (SSSR count). The summed E-state index contributed by atoms with van der Waals surface area (Å²) in [7, 11) is 0.0939. The molecule has 0 amide bonds. The van der Waals surface area contributed by atoms with Gasteiger partial charge in [-0.1, -0.05) is 59.1 Å². The van der Waals surface area contributed by atoms with Gasteiger partial charge in [-0.05, 0) is 41.0 Å². The van der Waals surface area contributed by atoms with Crippen LogP contribution in [0.2, 0.25) is 0 Å². The number of methoxy groups -OCH3 is 2. The van der Waals surface area contributed by atoms with Crippen LogP contribution in [-0.2, 0) is 28.9 Å². The molecule has 1 aromatic heterocycles. The maximum absolute atomic E-state index is 12.5. The van der Waals surface area contributed by atoms with E-state index < -0.39 is 43.7 Å². The number of aromatic amines is 1. The number of ether oxygens (including phenoxy) is 5. The molecule has 1 fully saturated rings. The Morgan fingerprint density at radius 1 is 0.907 bits per heavy atom. The predicted molar refractivity (Wildman–Crippen MR) is 154 cm³/mol. The number of benzene rings is 3. The van der Waals surface area contributed by atoms with Crippen molar-refractivity contribution in [1.82, 2.24) is 9.55 Å². The van der Waals surface area contributed by atoms with Crippen molar-refractivity contribution >= 4 is 8.25 Å². The van der Waals surface area contributed by atoms with Gasteiger partial charge in [0.05, 0.1) is 27.4 Å². The van der Waals surface area contributed by atoms with Crippen molar-refractivity contribution in [3.63, 3.8) is 0 Å². The third-order valence-electron chi connectivity index (χ3n) is 7.03. The van der Waals surface area contributed by atoms with Crippen molar-refractivity contribution < 1.29 is 37.7 Å². The highest BCUT2D eigenvalue weighted by atomic mass is 31.1. The van der Waals surface area contributed by atoms with Crippen molar-refractivity contribution in [1.29, 1.82) is 0 Å². The van der Waals surface area contributed by atoms with E-state index >= 15 is 0 Å². The average Bonchev–Trinajstić information content (AvgIpc) is 3.03. The van der Waals surface area contributed by atoms with Crippen molar-refractivity contribution in [3.05, 3.63) is 129 Å². The first-order valence-electron chi connectivity index (χ1n) is 13.2. The second kappa shape index (κ2) is 13.4. The largest absolute Gasteiger partial charge is 0.697 e. The zero-order valence-electron chi connectivity index (χ0n) is 23.3. The van der Waals surface area contributed by atoms with E-state index in [1.54, 1.807) is 14.2 Å². The normalized spacial score (nSPS) is 19.0. The minimum atomic E-state index is -3.07. The van der Waals surface area contributed by atoms with Crippen LogP contribution >= 0.6 is 8.25 Å². The van der Waals surface area contributed by atoms with E-state index in [0.717, 1.165) is 21.3 Å². The standard InChI is InChI=1S/C30H29N2O10P/c1-37-23-12-8-21(9-13-23)30(20-6-4-3-5-7-20,22-10-14-24(38-2)15-11-22)40-18-25-28(42-43(35)36)39-19-27(41-25)32-17-16-26(33)31-29(32)34/h3-17,25,27-28H,18-19H2,1-2H3,(H-,31,33,34,35,36)/p+1/t25-,27-,28?/m1/s1. The third kappa shape index (κ3) is 6.60. The van der Waals surface area contributed by atoms with Gasteiger partial charge in [-0.15, -0.1) is 4.89 Å². The third-order valence-corrected chi connectivity index (χ3v) is 7.42. The minimum Gasteiger partial charge on any atom is -0.497 e. The average molecular weight is 610 g/mol. The number of nitrogens with one attached hydrogen (secondary N) is 1. The molecule has 4 atom stereocenters. The Bertz CT molecular complexity index is 1590. The highest BCUT2D eigenvalue weighted by Gasteiger charge is 2.44. The number of hydrogen-bond acceptors (Lipinski definition) is 9.